The monoisotopic (exact) mass is 261 g/mol. The van der Waals surface area contributed by atoms with Gasteiger partial charge in [0.25, 0.3) is 5.91 Å². The zero-order valence-corrected chi connectivity index (χ0v) is 9.79. The summed E-state index contributed by atoms with van der Waals surface area (Å²) in [5, 5.41) is 22.3. The number of phenols is 1. The van der Waals surface area contributed by atoms with Crippen LogP contribution in [0.3, 0.4) is 0 Å². The standard InChI is InChI=1S/C12H11N3O4/c16-9-3-1-2-8(6-9)7-13-12(17)10-4-5-11(14-10)15(18)19/h1-6,14,16H,7H2,(H,13,17). The van der Waals surface area contributed by atoms with Crippen molar-refractivity contribution in [2.24, 2.45) is 0 Å². The van der Waals surface area contributed by atoms with E-state index >= 15 is 0 Å². The Morgan fingerprint density at radius 2 is 2.16 bits per heavy atom. The van der Waals surface area contributed by atoms with Crippen LogP contribution >= 0.6 is 0 Å². The van der Waals surface area contributed by atoms with Crippen LogP contribution in [-0.2, 0) is 6.54 Å². The Hall–Kier alpha value is -2.83. The zero-order valence-electron chi connectivity index (χ0n) is 9.79. The molecule has 2 aromatic rings. The van der Waals surface area contributed by atoms with E-state index in [0.29, 0.717) is 0 Å². The van der Waals surface area contributed by atoms with Gasteiger partial charge in [-0.15, -0.1) is 0 Å². The van der Waals surface area contributed by atoms with Gasteiger partial charge >= 0.3 is 5.82 Å². The first-order valence-corrected chi connectivity index (χ1v) is 5.46. The maximum atomic E-state index is 11.7. The number of benzene rings is 1. The largest absolute Gasteiger partial charge is 0.508 e. The number of aromatic amines is 1. The summed E-state index contributed by atoms with van der Waals surface area (Å²) in [4.78, 5) is 24.0. The van der Waals surface area contributed by atoms with Gasteiger partial charge in [0.05, 0.1) is 0 Å². The zero-order chi connectivity index (χ0) is 13.8. The minimum Gasteiger partial charge on any atom is -0.508 e. The van der Waals surface area contributed by atoms with Crippen molar-refractivity contribution in [1.82, 2.24) is 10.3 Å². The highest BCUT2D eigenvalue weighted by molar-refractivity contribution is 5.92. The van der Waals surface area contributed by atoms with E-state index in [-0.39, 0.29) is 23.8 Å². The molecule has 1 aromatic carbocycles. The molecule has 1 amide bonds. The molecule has 1 aromatic heterocycles. The van der Waals surface area contributed by atoms with Crippen molar-refractivity contribution in [3.8, 4) is 5.75 Å². The molecule has 0 spiro atoms. The number of hydrogen-bond acceptors (Lipinski definition) is 4. The molecule has 0 saturated heterocycles. The van der Waals surface area contributed by atoms with E-state index in [4.69, 9.17) is 0 Å². The third kappa shape index (κ3) is 3.09. The molecule has 19 heavy (non-hydrogen) atoms. The van der Waals surface area contributed by atoms with Gasteiger partial charge in [0.15, 0.2) is 5.69 Å². The number of nitrogens with zero attached hydrogens (tertiary/aromatic N) is 1. The van der Waals surface area contributed by atoms with Crippen molar-refractivity contribution < 1.29 is 14.8 Å². The highest BCUT2D eigenvalue weighted by Gasteiger charge is 2.14. The number of carbonyl (C=O) groups is 1. The van der Waals surface area contributed by atoms with Crippen LogP contribution in [0.15, 0.2) is 36.4 Å². The van der Waals surface area contributed by atoms with Gasteiger partial charge < -0.3 is 20.5 Å². The van der Waals surface area contributed by atoms with E-state index in [1.54, 1.807) is 12.1 Å². The lowest BCUT2D eigenvalue weighted by atomic mass is 10.2. The highest BCUT2D eigenvalue weighted by atomic mass is 16.6. The Morgan fingerprint density at radius 3 is 2.79 bits per heavy atom. The molecular weight excluding hydrogens is 250 g/mol. The lowest BCUT2D eigenvalue weighted by Crippen LogP contribution is -2.23. The Morgan fingerprint density at radius 1 is 1.37 bits per heavy atom. The normalized spacial score (nSPS) is 10.1. The fraction of sp³-hybridized carbons (Fsp3) is 0.0833. The summed E-state index contributed by atoms with van der Waals surface area (Å²) in [6, 6.07) is 9.03. The molecule has 0 aliphatic heterocycles. The Labute approximate surface area is 108 Å². The molecule has 0 fully saturated rings. The first kappa shape index (κ1) is 12.6. The van der Waals surface area contributed by atoms with Crippen molar-refractivity contribution >= 4 is 11.7 Å². The van der Waals surface area contributed by atoms with Gasteiger partial charge in [-0.3, -0.25) is 4.79 Å². The van der Waals surface area contributed by atoms with Crippen LogP contribution in [0.5, 0.6) is 5.75 Å². The molecule has 0 aliphatic carbocycles. The molecule has 1 heterocycles. The lowest BCUT2D eigenvalue weighted by molar-refractivity contribution is -0.389. The van der Waals surface area contributed by atoms with E-state index in [2.05, 4.69) is 10.3 Å². The Balaban J connectivity index is 1.99. The van der Waals surface area contributed by atoms with Gasteiger partial charge in [-0.25, -0.2) is 4.98 Å². The number of H-pyrrole nitrogens is 1. The molecule has 3 N–H and O–H groups in total. The molecule has 0 saturated carbocycles. The summed E-state index contributed by atoms with van der Waals surface area (Å²) in [5.41, 5.74) is 0.848. The number of aromatic nitrogens is 1. The number of amides is 1. The minimum absolute atomic E-state index is 0.113. The Bertz CT molecular complexity index is 621. The van der Waals surface area contributed by atoms with Gasteiger partial charge in [0, 0.05) is 12.6 Å². The highest BCUT2D eigenvalue weighted by Crippen LogP contribution is 2.12. The van der Waals surface area contributed by atoms with Crippen LogP contribution in [-0.4, -0.2) is 20.9 Å². The molecular formula is C12H11N3O4. The second-order valence-electron chi connectivity index (χ2n) is 3.87. The van der Waals surface area contributed by atoms with Crippen LogP contribution in [0.25, 0.3) is 0 Å². The predicted molar refractivity (Wildman–Crippen MR) is 66.7 cm³/mol. The van der Waals surface area contributed by atoms with E-state index in [1.807, 2.05) is 0 Å². The second-order valence-corrected chi connectivity index (χ2v) is 3.87. The van der Waals surface area contributed by atoms with Gasteiger partial charge in [0.1, 0.15) is 5.75 Å². The quantitative estimate of drug-likeness (QED) is 0.573. The van der Waals surface area contributed by atoms with Crippen molar-refractivity contribution in [3.63, 3.8) is 0 Å². The maximum absolute atomic E-state index is 11.7. The first-order chi connectivity index (χ1) is 9.06. The first-order valence-electron chi connectivity index (χ1n) is 5.46. The predicted octanol–water partition coefficient (Wildman–Crippen LogP) is 1.56. The molecule has 0 unspecified atom stereocenters. The Kier molecular flexibility index (Phi) is 3.46. The molecule has 7 heteroatoms. The topological polar surface area (TPSA) is 108 Å². The summed E-state index contributed by atoms with van der Waals surface area (Å²) >= 11 is 0. The van der Waals surface area contributed by atoms with E-state index < -0.39 is 10.8 Å². The van der Waals surface area contributed by atoms with Crippen LogP contribution in [0.4, 0.5) is 5.82 Å². The SMILES string of the molecule is O=C(NCc1cccc(O)c1)c1ccc([N+](=O)[O-])[nH]1. The number of rotatable bonds is 4. The summed E-state index contributed by atoms with van der Waals surface area (Å²) < 4.78 is 0. The third-order valence-electron chi connectivity index (χ3n) is 2.48. The van der Waals surface area contributed by atoms with Crippen molar-refractivity contribution in [1.29, 1.82) is 0 Å². The summed E-state index contributed by atoms with van der Waals surface area (Å²) in [7, 11) is 0. The van der Waals surface area contributed by atoms with Gasteiger partial charge in [-0.05, 0) is 28.7 Å². The van der Waals surface area contributed by atoms with Gasteiger partial charge in [-0.2, -0.15) is 0 Å². The molecule has 0 bridgehead atoms. The number of aromatic hydroxyl groups is 1. The van der Waals surface area contributed by atoms with Crippen molar-refractivity contribution in [3.05, 3.63) is 57.8 Å². The fourth-order valence-corrected chi connectivity index (χ4v) is 1.57. The number of nitrogens with one attached hydrogen (secondary N) is 2. The van der Waals surface area contributed by atoms with Crippen molar-refractivity contribution in [2.75, 3.05) is 0 Å². The van der Waals surface area contributed by atoms with Crippen molar-refractivity contribution in [2.45, 2.75) is 6.54 Å². The maximum Gasteiger partial charge on any atom is 0.321 e. The lowest BCUT2D eigenvalue weighted by Gasteiger charge is -2.03. The van der Waals surface area contributed by atoms with E-state index in [0.717, 1.165) is 5.56 Å². The van der Waals surface area contributed by atoms with Crippen LogP contribution in [0.1, 0.15) is 16.1 Å². The second kappa shape index (κ2) is 5.21. The fourth-order valence-electron chi connectivity index (χ4n) is 1.57. The number of carbonyl (C=O) groups excluding carboxylic acids is 1. The number of hydrogen-bond donors (Lipinski definition) is 3. The van der Waals surface area contributed by atoms with Crippen LogP contribution in [0, 0.1) is 10.1 Å². The number of phenolic OH excluding ortho intramolecular Hbond substituents is 1. The molecule has 2 rings (SSSR count). The molecule has 0 aliphatic rings. The summed E-state index contributed by atoms with van der Waals surface area (Å²) in [6.07, 6.45) is 0. The summed E-state index contributed by atoms with van der Waals surface area (Å²) in [6.45, 7) is 0.222. The third-order valence-corrected chi connectivity index (χ3v) is 2.48. The average Bonchev–Trinajstić information content (AvgIpc) is 2.86. The molecule has 98 valence electrons. The van der Waals surface area contributed by atoms with Crippen LogP contribution in [0.2, 0.25) is 0 Å². The molecule has 0 atom stereocenters. The van der Waals surface area contributed by atoms with E-state index in [1.165, 1.54) is 24.3 Å². The average molecular weight is 261 g/mol. The van der Waals surface area contributed by atoms with Crippen LogP contribution < -0.4 is 5.32 Å². The molecule has 7 nitrogen and oxygen atoms in total. The number of nitro groups is 1. The van der Waals surface area contributed by atoms with Gasteiger partial charge in [-0.1, -0.05) is 12.1 Å². The summed E-state index contributed by atoms with van der Waals surface area (Å²) in [5.74, 6) is -0.568. The minimum atomic E-state index is -0.605. The van der Waals surface area contributed by atoms with E-state index in [9.17, 15) is 20.0 Å². The molecule has 0 radical (unpaired) electrons. The smallest absolute Gasteiger partial charge is 0.321 e. The van der Waals surface area contributed by atoms with Gasteiger partial charge in [0.2, 0.25) is 0 Å².